The van der Waals surface area contributed by atoms with E-state index in [0.717, 1.165) is 13.0 Å². The van der Waals surface area contributed by atoms with Gasteiger partial charge in [-0.2, -0.15) is 0 Å². The molecule has 0 aromatic heterocycles. The first-order chi connectivity index (χ1) is 10.6. The van der Waals surface area contributed by atoms with Crippen LogP contribution in [0.1, 0.15) is 23.6 Å². The first-order valence-corrected chi connectivity index (χ1v) is 7.47. The average molecular weight is 298 g/mol. The fourth-order valence-electron chi connectivity index (χ4n) is 2.96. The minimum atomic E-state index is -0.307. The zero-order chi connectivity index (χ0) is 15.5. The van der Waals surface area contributed by atoms with E-state index in [2.05, 4.69) is 22.3 Å². The average Bonchev–Trinajstić information content (AvgIpc) is 2.52. The van der Waals surface area contributed by atoms with E-state index in [0.29, 0.717) is 12.1 Å². The molecule has 1 aliphatic heterocycles. The van der Waals surface area contributed by atoms with Crippen LogP contribution in [0.3, 0.4) is 0 Å². The summed E-state index contributed by atoms with van der Waals surface area (Å²) in [6.07, 6.45) is 1.41. The van der Waals surface area contributed by atoms with Gasteiger partial charge >= 0.3 is 0 Å². The smallest absolute Gasteiger partial charge is 0.226 e. The Kier molecular flexibility index (Phi) is 4.20. The van der Waals surface area contributed by atoms with Crippen molar-refractivity contribution in [3.8, 4) is 0 Å². The lowest BCUT2D eigenvalue weighted by atomic mass is 9.91. The van der Waals surface area contributed by atoms with Gasteiger partial charge in [-0.1, -0.05) is 24.3 Å². The Morgan fingerprint density at radius 3 is 2.73 bits per heavy atom. The fourth-order valence-corrected chi connectivity index (χ4v) is 2.96. The van der Waals surface area contributed by atoms with Crippen LogP contribution in [-0.2, 0) is 11.2 Å². The van der Waals surface area contributed by atoms with E-state index >= 15 is 0 Å². The van der Waals surface area contributed by atoms with Crippen LogP contribution in [0.25, 0.3) is 0 Å². The Morgan fingerprint density at radius 2 is 1.95 bits per heavy atom. The van der Waals surface area contributed by atoms with Crippen molar-refractivity contribution in [2.75, 3.05) is 18.9 Å². The van der Waals surface area contributed by atoms with E-state index in [-0.39, 0.29) is 17.8 Å². The number of fused-ring (bicyclic) bond motifs is 1. The van der Waals surface area contributed by atoms with Crippen molar-refractivity contribution in [3.63, 3.8) is 0 Å². The largest absolute Gasteiger partial charge is 0.326 e. The van der Waals surface area contributed by atoms with Crippen LogP contribution < -0.4 is 5.32 Å². The van der Waals surface area contributed by atoms with E-state index in [1.54, 1.807) is 12.1 Å². The summed E-state index contributed by atoms with van der Waals surface area (Å²) < 4.78 is 12.9. The van der Waals surface area contributed by atoms with Gasteiger partial charge in [-0.25, -0.2) is 4.39 Å². The van der Waals surface area contributed by atoms with Gasteiger partial charge in [0.05, 0.1) is 0 Å². The predicted molar refractivity (Wildman–Crippen MR) is 85.2 cm³/mol. The lowest BCUT2D eigenvalue weighted by Crippen LogP contribution is -2.34. The highest BCUT2D eigenvalue weighted by Gasteiger charge is 2.26. The van der Waals surface area contributed by atoms with Crippen molar-refractivity contribution < 1.29 is 9.18 Å². The molecule has 114 valence electrons. The van der Waals surface area contributed by atoms with Crippen molar-refractivity contribution in [1.82, 2.24) is 4.90 Å². The number of hydrogen-bond acceptors (Lipinski definition) is 2. The Hall–Kier alpha value is -2.20. The standard InChI is InChI=1S/C18H19FN2O/c1-21-11-10-13-4-2-3-5-16(13)17(21)12-18(22)20-15-8-6-14(19)7-9-15/h2-9,17H,10-12H2,1H3,(H,20,22). The lowest BCUT2D eigenvalue weighted by molar-refractivity contribution is -0.117. The maximum absolute atomic E-state index is 12.9. The summed E-state index contributed by atoms with van der Waals surface area (Å²) >= 11 is 0. The zero-order valence-corrected chi connectivity index (χ0v) is 12.6. The maximum atomic E-state index is 12.9. The summed E-state index contributed by atoms with van der Waals surface area (Å²) in [7, 11) is 2.05. The molecule has 1 atom stereocenters. The molecule has 0 saturated carbocycles. The molecule has 0 aliphatic carbocycles. The number of amides is 1. The van der Waals surface area contributed by atoms with Crippen LogP contribution in [0.5, 0.6) is 0 Å². The molecule has 2 aromatic rings. The van der Waals surface area contributed by atoms with Gasteiger partial charge in [0.25, 0.3) is 0 Å². The molecular weight excluding hydrogens is 279 g/mol. The van der Waals surface area contributed by atoms with Gasteiger partial charge in [0.1, 0.15) is 5.82 Å². The molecule has 1 N–H and O–H groups in total. The summed E-state index contributed by atoms with van der Waals surface area (Å²) in [5, 5.41) is 2.84. The number of anilines is 1. The van der Waals surface area contributed by atoms with Crippen LogP contribution in [0.15, 0.2) is 48.5 Å². The van der Waals surface area contributed by atoms with Crippen molar-refractivity contribution in [2.24, 2.45) is 0 Å². The normalized spacial score (nSPS) is 17.8. The molecule has 1 amide bonds. The van der Waals surface area contributed by atoms with Crippen LogP contribution >= 0.6 is 0 Å². The fraction of sp³-hybridized carbons (Fsp3) is 0.278. The molecule has 0 spiro atoms. The van der Waals surface area contributed by atoms with Gasteiger partial charge in [-0.15, -0.1) is 0 Å². The van der Waals surface area contributed by atoms with Crippen molar-refractivity contribution in [1.29, 1.82) is 0 Å². The molecule has 0 bridgehead atoms. The van der Waals surface area contributed by atoms with Gasteiger partial charge in [0.15, 0.2) is 0 Å². The third kappa shape index (κ3) is 3.17. The van der Waals surface area contributed by atoms with Crippen molar-refractivity contribution in [3.05, 3.63) is 65.5 Å². The van der Waals surface area contributed by atoms with Crippen LogP contribution in [-0.4, -0.2) is 24.4 Å². The molecular formula is C18H19FN2O. The van der Waals surface area contributed by atoms with Crippen LogP contribution in [0.4, 0.5) is 10.1 Å². The minimum Gasteiger partial charge on any atom is -0.326 e. The molecule has 4 heteroatoms. The van der Waals surface area contributed by atoms with E-state index in [4.69, 9.17) is 0 Å². The monoisotopic (exact) mass is 298 g/mol. The zero-order valence-electron chi connectivity index (χ0n) is 12.6. The van der Waals surface area contributed by atoms with E-state index in [9.17, 15) is 9.18 Å². The molecule has 0 radical (unpaired) electrons. The number of likely N-dealkylation sites (N-methyl/N-ethyl adjacent to an activating group) is 1. The summed E-state index contributed by atoms with van der Waals surface area (Å²) in [5.41, 5.74) is 3.17. The third-order valence-electron chi connectivity index (χ3n) is 4.19. The molecule has 1 unspecified atom stereocenters. The first-order valence-electron chi connectivity index (χ1n) is 7.47. The highest BCUT2D eigenvalue weighted by atomic mass is 19.1. The van der Waals surface area contributed by atoms with E-state index in [1.165, 1.54) is 23.3 Å². The number of carbonyl (C=O) groups excluding carboxylic acids is 1. The highest BCUT2D eigenvalue weighted by Crippen LogP contribution is 2.31. The Bertz CT molecular complexity index is 669. The minimum absolute atomic E-state index is 0.0554. The summed E-state index contributed by atoms with van der Waals surface area (Å²) in [6.45, 7) is 0.950. The number of benzene rings is 2. The maximum Gasteiger partial charge on any atom is 0.226 e. The molecule has 1 aliphatic rings. The summed E-state index contributed by atoms with van der Waals surface area (Å²) in [4.78, 5) is 14.5. The number of nitrogens with one attached hydrogen (secondary N) is 1. The Labute approximate surface area is 129 Å². The number of nitrogens with zero attached hydrogens (tertiary/aromatic N) is 1. The SMILES string of the molecule is CN1CCc2ccccc2C1CC(=O)Nc1ccc(F)cc1. The topological polar surface area (TPSA) is 32.3 Å². The second-order valence-electron chi connectivity index (χ2n) is 5.70. The second-order valence-corrected chi connectivity index (χ2v) is 5.70. The second kappa shape index (κ2) is 6.28. The third-order valence-corrected chi connectivity index (χ3v) is 4.19. The van der Waals surface area contributed by atoms with Crippen molar-refractivity contribution >= 4 is 11.6 Å². The molecule has 0 saturated heterocycles. The van der Waals surface area contributed by atoms with E-state index < -0.39 is 0 Å². The number of halogens is 1. The van der Waals surface area contributed by atoms with Gasteiger partial charge in [-0.05, 0) is 48.9 Å². The number of hydrogen-bond donors (Lipinski definition) is 1. The number of rotatable bonds is 3. The Balaban J connectivity index is 1.72. The lowest BCUT2D eigenvalue weighted by Gasteiger charge is -2.34. The van der Waals surface area contributed by atoms with E-state index in [1.807, 2.05) is 19.2 Å². The van der Waals surface area contributed by atoms with Crippen LogP contribution in [0, 0.1) is 5.82 Å². The number of carbonyl (C=O) groups is 1. The predicted octanol–water partition coefficient (Wildman–Crippen LogP) is 3.38. The Morgan fingerprint density at radius 1 is 1.23 bits per heavy atom. The van der Waals surface area contributed by atoms with Gasteiger partial charge in [0.2, 0.25) is 5.91 Å². The van der Waals surface area contributed by atoms with Gasteiger partial charge in [0, 0.05) is 24.7 Å². The van der Waals surface area contributed by atoms with Crippen molar-refractivity contribution in [2.45, 2.75) is 18.9 Å². The highest BCUT2D eigenvalue weighted by molar-refractivity contribution is 5.91. The molecule has 3 nitrogen and oxygen atoms in total. The molecule has 2 aromatic carbocycles. The molecule has 1 heterocycles. The molecule has 22 heavy (non-hydrogen) atoms. The summed E-state index contributed by atoms with van der Waals surface area (Å²) in [5.74, 6) is -0.362. The van der Waals surface area contributed by atoms with Gasteiger partial charge in [-0.3, -0.25) is 9.69 Å². The summed E-state index contributed by atoms with van der Waals surface area (Å²) in [6, 6.07) is 14.2. The molecule has 3 rings (SSSR count). The van der Waals surface area contributed by atoms with Gasteiger partial charge < -0.3 is 5.32 Å². The first kappa shape index (κ1) is 14.7. The quantitative estimate of drug-likeness (QED) is 0.942. The van der Waals surface area contributed by atoms with Crippen LogP contribution in [0.2, 0.25) is 0 Å². The molecule has 0 fully saturated rings.